The number of nitrogen functional groups attached to an aromatic ring is 1. The molecule has 3 N–H and O–H groups in total. The van der Waals surface area contributed by atoms with Gasteiger partial charge in [0.1, 0.15) is 0 Å². The van der Waals surface area contributed by atoms with Crippen molar-refractivity contribution in [2.75, 3.05) is 17.7 Å². The van der Waals surface area contributed by atoms with Gasteiger partial charge < -0.3 is 15.8 Å². The van der Waals surface area contributed by atoms with Crippen molar-refractivity contribution in [3.8, 4) is 5.75 Å². The van der Waals surface area contributed by atoms with Gasteiger partial charge in [0.2, 0.25) is 0 Å². The fourth-order valence-electron chi connectivity index (χ4n) is 1.58. The van der Waals surface area contributed by atoms with E-state index in [9.17, 15) is 4.79 Å². The number of anilines is 2. The Morgan fingerprint density at radius 2 is 2.05 bits per heavy atom. The Hall–Kier alpha value is -1.72. The fourth-order valence-corrected chi connectivity index (χ4v) is 2.21. The van der Waals surface area contributed by atoms with Crippen LogP contribution in [-0.2, 0) is 4.79 Å². The maximum absolute atomic E-state index is 11.8. The average molecular weight is 356 g/mol. The zero-order valence-corrected chi connectivity index (χ0v) is 12.7. The van der Waals surface area contributed by atoms with Crippen LogP contribution >= 0.6 is 27.5 Å². The predicted molar refractivity (Wildman–Crippen MR) is 84.1 cm³/mol. The summed E-state index contributed by atoms with van der Waals surface area (Å²) < 4.78 is 6.23. The van der Waals surface area contributed by atoms with Crippen LogP contribution in [-0.4, -0.2) is 12.5 Å². The Morgan fingerprint density at radius 3 is 2.75 bits per heavy atom. The van der Waals surface area contributed by atoms with E-state index in [1.165, 1.54) is 0 Å². The minimum Gasteiger partial charge on any atom is -0.480 e. The van der Waals surface area contributed by atoms with Crippen LogP contribution < -0.4 is 15.8 Å². The molecule has 0 fully saturated rings. The number of carbonyl (C=O) groups is 1. The number of amides is 1. The molecule has 104 valence electrons. The van der Waals surface area contributed by atoms with E-state index in [2.05, 4.69) is 21.2 Å². The van der Waals surface area contributed by atoms with Crippen LogP contribution in [0.5, 0.6) is 5.75 Å². The van der Waals surface area contributed by atoms with Crippen LogP contribution in [0.1, 0.15) is 0 Å². The van der Waals surface area contributed by atoms with Gasteiger partial charge in [-0.05, 0) is 30.3 Å². The zero-order valence-electron chi connectivity index (χ0n) is 10.4. The molecule has 1 amide bonds. The summed E-state index contributed by atoms with van der Waals surface area (Å²) in [5.41, 5.74) is 6.81. The SMILES string of the molecule is Nc1cccc(Cl)c1OCC(=O)Nc1cccc(Br)c1. The van der Waals surface area contributed by atoms with Crippen molar-refractivity contribution in [3.63, 3.8) is 0 Å². The molecule has 2 aromatic carbocycles. The molecule has 0 aliphatic carbocycles. The normalized spacial score (nSPS) is 10.1. The van der Waals surface area contributed by atoms with Gasteiger partial charge in [-0.25, -0.2) is 0 Å². The minimum atomic E-state index is -0.289. The first-order valence-corrected chi connectivity index (χ1v) is 6.95. The van der Waals surface area contributed by atoms with E-state index in [-0.39, 0.29) is 12.5 Å². The molecule has 0 aromatic heterocycles. The number of rotatable bonds is 4. The van der Waals surface area contributed by atoms with E-state index >= 15 is 0 Å². The highest BCUT2D eigenvalue weighted by Crippen LogP contribution is 2.30. The molecule has 4 nitrogen and oxygen atoms in total. The molecule has 2 aromatic rings. The van der Waals surface area contributed by atoms with E-state index in [1.54, 1.807) is 30.3 Å². The lowest BCUT2D eigenvalue weighted by Gasteiger charge is -2.10. The lowest BCUT2D eigenvalue weighted by molar-refractivity contribution is -0.118. The molecule has 0 bridgehead atoms. The molecule has 0 radical (unpaired) electrons. The highest BCUT2D eigenvalue weighted by molar-refractivity contribution is 9.10. The summed E-state index contributed by atoms with van der Waals surface area (Å²) in [5.74, 6) is 0.0287. The number of para-hydroxylation sites is 1. The van der Waals surface area contributed by atoms with Crippen molar-refractivity contribution in [2.24, 2.45) is 0 Å². The summed E-state index contributed by atoms with van der Waals surface area (Å²) >= 11 is 9.28. The summed E-state index contributed by atoms with van der Waals surface area (Å²) in [4.78, 5) is 11.8. The Morgan fingerprint density at radius 1 is 1.30 bits per heavy atom. The molecular weight excluding hydrogens is 344 g/mol. The summed E-state index contributed by atoms with van der Waals surface area (Å²) in [5, 5.41) is 3.09. The maximum Gasteiger partial charge on any atom is 0.262 e. The third-order valence-electron chi connectivity index (χ3n) is 2.45. The smallest absolute Gasteiger partial charge is 0.262 e. The first-order valence-electron chi connectivity index (χ1n) is 5.78. The first kappa shape index (κ1) is 14.7. The van der Waals surface area contributed by atoms with Gasteiger partial charge in [-0.1, -0.05) is 39.7 Å². The predicted octanol–water partition coefficient (Wildman–Crippen LogP) is 3.70. The molecule has 0 atom stereocenters. The fraction of sp³-hybridized carbons (Fsp3) is 0.0714. The van der Waals surface area contributed by atoms with E-state index in [1.807, 2.05) is 12.1 Å². The molecule has 0 spiro atoms. The second-order valence-electron chi connectivity index (χ2n) is 4.01. The molecule has 6 heteroatoms. The third kappa shape index (κ3) is 3.88. The van der Waals surface area contributed by atoms with E-state index in [0.717, 1.165) is 4.47 Å². The summed E-state index contributed by atoms with van der Waals surface area (Å²) in [6.45, 7) is -0.166. The molecule has 20 heavy (non-hydrogen) atoms. The first-order chi connectivity index (χ1) is 9.56. The molecule has 0 saturated heterocycles. The average Bonchev–Trinajstić information content (AvgIpc) is 2.38. The number of ether oxygens (including phenoxy) is 1. The highest BCUT2D eigenvalue weighted by atomic mass is 79.9. The molecule has 0 aliphatic heterocycles. The van der Waals surface area contributed by atoms with Gasteiger partial charge >= 0.3 is 0 Å². The monoisotopic (exact) mass is 354 g/mol. The Bertz CT molecular complexity index is 614. The number of carbonyl (C=O) groups excluding carboxylic acids is 1. The number of nitrogens with two attached hydrogens (primary N) is 1. The van der Waals surface area contributed by atoms with Crippen LogP contribution in [0, 0.1) is 0 Å². The van der Waals surface area contributed by atoms with Crippen LogP contribution in [0.2, 0.25) is 5.02 Å². The van der Waals surface area contributed by atoms with Crippen LogP contribution in [0.25, 0.3) is 0 Å². The van der Waals surface area contributed by atoms with Gasteiger partial charge in [0.25, 0.3) is 5.91 Å². The molecule has 2 rings (SSSR count). The summed E-state index contributed by atoms with van der Waals surface area (Å²) in [7, 11) is 0. The highest BCUT2D eigenvalue weighted by Gasteiger charge is 2.09. The topological polar surface area (TPSA) is 64.3 Å². The second-order valence-corrected chi connectivity index (χ2v) is 5.33. The molecule has 0 heterocycles. The van der Waals surface area contributed by atoms with Crippen molar-refractivity contribution in [3.05, 3.63) is 52.0 Å². The van der Waals surface area contributed by atoms with Gasteiger partial charge in [-0.3, -0.25) is 4.79 Å². The van der Waals surface area contributed by atoms with Crippen molar-refractivity contribution in [1.29, 1.82) is 0 Å². The van der Waals surface area contributed by atoms with Crippen molar-refractivity contribution in [1.82, 2.24) is 0 Å². The minimum absolute atomic E-state index is 0.166. The Kier molecular flexibility index (Phi) is 4.87. The standard InChI is InChI=1S/C14H12BrClN2O2/c15-9-3-1-4-10(7-9)18-13(19)8-20-14-11(16)5-2-6-12(14)17/h1-7H,8,17H2,(H,18,19). The molecule has 0 unspecified atom stereocenters. The number of halogens is 2. The second kappa shape index (κ2) is 6.63. The third-order valence-corrected chi connectivity index (χ3v) is 3.24. The summed E-state index contributed by atoms with van der Waals surface area (Å²) in [6, 6.07) is 12.3. The largest absolute Gasteiger partial charge is 0.480 e. The van der Waals surface area contributed by atoms with Gasteiger partial charge in [-0.2, -0.15) is 0 Å². The molecule has 0 aliphatic rings. The van der Waals surface area contributed by atoms with Crippen molar-refractivity contribution < 1.29 is 9.53 Å². The van der Waals surface area contributed by atoms with Gasteiger partial charge in [0.15, 0.2) is 12.4 Å². The maximum atomic E-state index is 11.8. The van der Waals surface area contributed by atoms with E-state index < -0.39 is 0 Å². The Balaban J connectivity index is 1.96. The lowest BCUT2D eigenvalue weighted by atomic mass is 10.3. The van der Waals surface area contributed by atoms with Crippen LogP contribution in [0.4, 0.5) is 11.4 Å². The summed E-state index contributed by atoms with van der Waals surface area (Å²) in [6.07, 6.45) is 0. The number of nitrogens with one attached hydrogen (secondary N) is 1. The number of hydrogen-bond donors (Lipinski definition) is 2. The van der Waals surface area contributed by atoms with E-state index in [4.69, 9.17) is 22.1 Å². The van der Waals surface area contributed by atoms with E-state index in [0.29, 0.717) is 22.1 Å². The molecular formula is C14H12BrClN2O2. The van der Waals surface area contributed by atoms with Gasteiger partial charge in [-0.15, -0.1) is 0 Å². The van der Waals surface area contributed by atoms with Crippen LogP contribution in [0.15, 0.2) is 46.9 Å². The lowest BCUT2D eigenvalue weighted by Crippen LogP contribution is -2.20. The zero-order chi connectivity index (χ0) is 14.5. The quantitative estimate of drug-likeness (QED) is 0.822. The number of benzene rings is 2. The van der Waals surface area contributed by atoms with Gasteiger partial charge in [0, 0.05) is 10.2 Å². The Labute approximate surface area is 130 Å². The van der Waals surface area contributed by atoms with Crippen LogP contribution in [0.3, 0.4) is 0 Å². The molecule has 0 saturated carbocycles. The van der Waals surface area contributed by atoms with Crippen molar-refractivity contribution >= 4 is 44.8 Å². The van der Waals surface area contributed by atoms with Gasteiger partial charge in [0.05, 0.1) is 10.7 Å². The van der Waals surface area contributed by atoms with Crippen molar-refractivity contribution in [2.45, 2.75) is 0 Å². The number of hydrogen-bond acceptors (Lipinski definition) is 3.